The number of allylic oxidation sites excluding steroid dienone is 1. The number of hydrogen-bond donors (Lipinski definition) is 1. The van der Waals surface area contributed by atoms with Crippen molar-refractivity contribution in [1.29, 1.82) is 0 Å². The maximum Gasteiger partial charge on any atom is 0.170 e. The SMILES string of the molecule is CCN1C(=S)N[C@@H](c2ccccn2)[C@H]1c1cc2c(cc1Cl)N(C)C(C)(C)C=C2C. The summed E-state index contributed by atoms with van der Waals surface area (Å²) in [4.78, 5) is 9.09. The molecule has 1 aromatic carbocycles. The van der Waals surface area contributed by atoms with Gasteiger partial charge in [-0.2, -0.15) is 0 Å². The monoisotopic (exact) mass is 426 g/mol. The number of rotatable bonds is 3. The summed E-state index contributed by atoms with van der Waals surface area (Å²) in [6, 6.07) is 10.3. The summed E-state index contributed by atoms with van der Waals surface area (Å²) in [5.41, 5.74) is 5.65. The highest BCUT2D eigenvalue weighted by Crippen LogP contribution is 2.46. The van der Waals surface area contributed by atoms with Crippen LogP contribution in [0, 0.1) is 0 Å². The molecule has 0 unspecified atom stereocenters. The minimum atomic E-state index is -0.0512. The summed E-state index contributed by atoms with van der Waals surface area (Å²) in [7, 11) is 2.12. The number of anilines is 1. The summed E-state index contributed by atoms with van der Waals surface area (Å²) in [6.07, 6.45) is 4.14. The second-order valence-corrected chi connectivity index (χ2v) is 9.14. The highest BCUT2D eigenvalue weighted by Gasteiger charge is 2.41. The predicted molar refractivity (Wildman–Crippen MR) is 125 cm³/mol. The molecule has 1 aromatic heterocycles. The zero-order valence-corrected chi connectivity index (χ0v) is 19.1. The van der Waals surface area contributed by atoms with Crippen molar-refractivity contribution in [3.05, 3.63) is 64.4 Å². The summed E-state index contributed by atoms with van der Waals surface area (Å²) in [5.74, 6) is 0. The van der Waals surface area contributed by atoms with E-state index in [-0.39, 0.29) is 17.6 Å². The topological polar surface area (TPSA) is 31.4 Å². The Kier molecular flexibility index (Phi) is 5.07. The Morgan fingerprint density at radius 3 is 2.69 bits per heavy atom. The number of hydrogen-bond acceptors (Lipinski definition) is 3. The van der Waals surface area contributed by atoms with Crippen molar-refractivity contribution < 1.29 is 0 Å². The van der Waals surface area contributed by atoms with Gasteiger partial charge in [-0.1, -0.05) is 23.7 Å². The van der Waals surface area contributed by atoms with Crippen molar-refractivity contribution in [2.45, 2.75) is 45.3 Å². The van der Waals surface area contributed by atoms with Crippen LogP contribution >= 0.6 is 23.8 Å². The fourth-order valence-electron chi connectivity index (χ4n) is 4.50. The van der Waals surface area contributed by atoms with Crippen molar-refractivity contribution in [2.75, 3.05) is 18.5 Å². The molecule has 1 fully saturated rings. The van der Waals surface area contributed by atoms with E-state index in [1.54, 1.807) is 0 Å². The zero-order chi connectivity index (χ0) is 20.9. The first kappa shape index (κ1) is 20.2. The van der Waals surface area contributed by atoms with Gasteiger partial charge in [0.15, 0.2) is 5.11 Å². The number of thiocarbonyl (C=S) groups is 1. The molecule has 1 saturated heterocycles. The lowest BCUT2D eigenvalue weighted by Crippen LogP contribution is -2.42. The standard InChI is InChI=1S/C23H27ClN4S/c1-6-28-21(20(26-22(28)29)18-9-7-8-10-25-18)16-11-15-14(2)13-23(3,4)27(5)19(15)12-17(16)24/h7-13,20-21H,6H2,1-5H3,(H,26,29)/t20-,21+/m0/s1. The molecule has 0 spiro atoms. The molecule has 0 saturated carbocycles. The maximum absolute atomic E-state index is 6.91. The molecule has 2 atom stereocenters. The van der Waals surface area contributed by atoms with E-state index in [9.17, 15) is 0 Å². The summed E-state index contributed by atoms with van der Waals surface area (Å²) in [5, 5.41) is 4.98. The third kappa shape index (κ3) is 3.30. The third-order valence-corrected chi connectivity index (χ3v) is 6.87. The summed E-state index contributed by atoms with van der Waals surface area (Å²) in [6.45, 7) is 9.54. The Bertz CT molecular complexity index is 986. The minimum absolute atomic E-state index is 0.00626. The Morgan fingerprint density at radius 2 is 2.03 bits per heavy atom. The lowest BCUT2D eigenvalue weighted by Gasteiger charge is -2.41. The number of benzene rings is 1. The van der Waals surface area contributed by atoms with E-state index in [0.717, 1.165) is 33.6 Å². The van der Waals surface area contributed by atoms with Gasteiger partial charge in [0.2, 0.25) is 0 Å². The molecule has 0 radical (unpaired) electrons. The number of nitrogens with one attached hydrogen (secondary N) is 1. The summed E-state index contributed by atoms with van der Waals surface area (Å²) >= 11 is 12.6. The molecule has 0 aliphatic carbocycles. The van der Waals surface area contributed by atoms with Crippen LogP contribution < -0.4 is 10.2 Å². The van der Waals surface area contributed by atoms with Gasteiger partial charge in [0.05, 0.1) is 23.3 Å². The largest absolute Gasteiger partial charge is 0.365 e. The van der Waals surface area contributed by atoms with Gasteiger partial charge in [-0.25, -0.2) is 0 Å². The van der Waals surface area contributed by atoms with Crippen LogP contribution in [0.25, 0.3) is 5.57 Å². The first-order valence-electron chi connectivity index (χ1n) is 9.99. The lowest BCUT2D eigenvalue weighted by molar-refractivity contribution is 0.331. The van der Waals surface area contributed by atoms with E-state index in [4.69, 9.17) is 23.8 Å². The third-order valence-electron chi connectivity index (χ3n) is 6.19. The van der Waals surface area contributed by atoms with Gasteiger partial charge in [-0.05, 0) is 75.3 Å². The second-order valence-electron chi connectivity index (χ2n) is 8.34. The van der Waals surface area contributed by atoms with Crippen molar-refractivity contribution in [2.24, 2.45) is 0 Å². The van der Waals surface area contributed by atoms with Crippen LogP contribution in [0.3, 0.4) is 0 Å². The first-order valence-corrected chi connectivity index (χ1v) is 10.8. The second kappa shape index (κ2) is 7.29. The van der Waals surface area contributed by atoms with Gasteiger partial charge >= 0.3 is 0 Å². The van der Waals surface area contributed by atoms with Crippen LogP contribution in [0.5, 0.6) is 0 Å². The van der Waals surface area contributed by atoms with E-state index >= 15 is 0 Å². The van der Waals surface area contributed by atoms with Crippen LogP contribution in [-0.4, -0.2) is 34.1 Å². The molecule has 2 aliphatic heterocycles. The molecule has 2 aromatic rings. The molecule has 4 rings (SSSR count). The molecule has 29 heavy (non-hydrogen) atoms. The van der Waals surface area contributed by atoms with Crippen molar-refractivity contribution in [1.82, 2.24) is 15.2 Å². The number of pyridine rings is 1. The van der Waals surface area contributed by atoms with Crippen molar-refractivity contribution >= 4 is 40.2 Å². The van der Waals surface area contributed by atoms with Crippen LogP contribution in [0.1, 0.15) is 56.6 Å². The molecule has 2 aliphatic rings. The predicted octanol–water partition coefficient (Wildman–Crippen LogP) is 5.36. The van der Waals surface area contributed by atoms with Gasteiger partial charge in [0, 0.05) is 36.1 Å². The molecule has 4 nitrogen and oxygen atoms in total. The average Bonchev–Trinajstić information content (AvgIpc) is 3.02. The summed E-state index contributed by atoms with van der Waals surface area (Å²) < 4.78 is 0. The Labute approximate surface area is 183 Å². The number of fused-ring (bicyclic) bond motifs is 1. The normalized spacial score (nSPS) is 23.0. The van der Waals surface area contributed by atoms with E-state index in [1.807, 2.05) is 24.4 Å². The molecule has 3 heterocycles. The first-order chi connectivity index (χ1) is 13.7. The van der Waals surface area contributed by atoms with Crippen LogP contribution in [0.4, 0.5) is 5.69 Å². The quantitative estimate of drug-likeness (QED) is 0.668. The van der Waals surface area contributed by atoms with Gasteiger partial charge in [-0.15, -0.1) is 0 Å². The van der Waals surface area contributed by atoms with E-state index < -0.39 is 0 Å². The van der Waals surface area contributed by atoms with Gasteiger partial charge < -0.3 is 15.1 Å². The van der Waals surface area contributed by atoms with E-state index in [2.05, 4.69) is 73.1 Å². The smallest absolute Gasteiger partial charge is 0.170 e. The highest BCUT2D eigenvalue weighted by atomic mass is 35.5. The van der Waals surface area contributed by atoms with Crippen LogP contribution in [0.15, 0.2) is 42.6 Å². The number of likely N-dealkylation sites (N-methyl/N-ethyl adjacent to an activating group) is 2. The molecule has 6 heteroatoms. The lowest BCUT2D eigenvalue weighted by atomic mass is 9.86. The van der Waals surface area contributed by atoms with E-state index in [0.29, 0.717) is 0 Å². The maximum atomic E-state index is 6.91. The van der Waals surface area contributed by atoms with Gasteiger partial charge in [0.25, 0.3) is 0 Å². The molecule has 1 N–H and O–H groups in total. The van der Waals surface area contributed by atoms with Crippen molar-refractivity contribution in [3.63, 3.8) is 0 Å². The molecule has 152 valence electrons. The molecular formula is C23H27ClN4S. The van der Waals surface area contributed by atoms with Crippen molar-refractivity contribution in [3.8, 4) is 0 Å². The van der Waals surface area contributed by atoms with E-state index in [1.165, 1.54) is 11.1 Å². The Morgan fingerprint density at radius 1 is 1.28 bits per heavy atom. The van der Waals surface area contributed by atoms with Gasteiger partial charge in [0.1, 0.15) is 0 Å². The Hall–Kier alpha value is -2.11. The average molecular weight is 427 g/mol. The fraction of sp³-hybridized carbons (Fsp3) is 0.391. The number of halogens is 1. The molecular weight excluding hydrogens is 400 g/mol. The number of aromatic nitrogens is 1. The van der Waals surface area contributed by atoms with Crippen LogP contribution in [0.2, 0.25) is 5.02 Å². The van der Waals surface area contributed by atoms with Crippen LogP contribution in [-0.2, 0) is 0 Å². The highest BCUT2D eigenvalue weighted by molar-refractivity contribution is 7.80. The minimum Gasteiger partial charge on any atom is -0.365 e. The Balaban J connectivity index is 1.86. The molecule has 0 bridgehead atoms. The fourth-order valence-corrected chi connectivity index (χ4v) is 5.14. The zero-order valence-electron chi connectivity index (χ0n) is 17.5. The van der Waals surface area contributed by atoms with Gasteiger partial charge in [-0.3, -0.25) is 4.98 Å². The number of nitrogens with zero attached hydrogens (tertiary/aromatic N) is 3. The molecule has 0 amide bonds.